The Morgan fingerprint density at radius 3 is 2.59 bits per heavy atom. The van der Waals surface area contributed by atoms with Crippen molar-refractivity contribution in [2.45, 2.75) is 13.0 Å². The van der Waals surface area contributed by atoms with Crippen LogP contribution in [0.3, 0.4) is 0 Å². The highest BCUT2D eigenvalue weighted by molar-refractivity contribution is 7.90. The Hall–Kier alpha value is -1.70. The summed E-state index contributed by atoms with van der Waals surface area (Å²) in [5.41, 5.74) is -0.105. The van der Waals surface area contributed by atoms with Crippen molar-refractivity contribution in [3.05, 3.63) is 28.4 Å². The number of anilines is 1. The molecule has 0 amide bonds. The largest absolute Gasteiger partial charge is 0.367 e. The van der Waals surface area contributed by atoms with E-state index in [0.29, 0.717) is 5.82 Å². The van der Waals surface area contributed by atoms with Crippen molar-refractivity contribution in [2.75, 3.05) is 17.3 Å². The lowest BCUT2D eigenvalue weighted by atomic mass is 10.3. The molecular weight excluding hydrogens is 246 g/mol. The summed E-state index contributed by atoms with van der Waals surface area (Å²) in [5, 5.41) is 13.2. The Kier molecular flexibility index (Phi) is 4.00. The lowest BCUT2D eigenvalue weighted by Gasteiger charge is -2.12. The van der Waals surface area contributed by atoms with Gasteiger partial charge in [0.15, 0.2) is 0 Å². The molecule has 7 nitrogen and oxygen atoms in total. The normalized spacial score (nSPS) is 13.1. The number of nitro groups is 1. The zero-order chi connectivity index (χ0) is 13.1. The van der Waals surface area contributed by atoms with Crippen molar-refractivity contribution in [3.8, 4) is 0 Å². The highest BCUT2D eigenvalue weighted by atomic mass is 32.2. The van der Waals surface area contributed by atoms with Gasteiger partial charge in [0.2, 0.25) is 0 Å². The Morgan fingerprint density at radius 2 is 2.18 bits per heavy atom. The van der Waals surface area contributed by atoms with Gasteiger partial charge in [0.1, 0.15) is 21.9 Å². The lowest BCUT2D eigenvalue weighted by molar-refractivity contribution is -0.385. The molecule has 1 heterocycles. The van der Waals surface area contributed by atoms with E-state index in [9.17, 15) is 18.5 Å². The molecular formula is C9H13N3O4S. The van der Waals surface area contributed by atoms with Crippen LogP contribution in [0.15, 0.2) is 18.3 Å². The molecule has 0 saturated carbocycles. The van der Waals surface area contributed by atoms with Crippen molar-refractivity contribution >= 4 is 21.3 Å². The van der Waals surface area contributed by atoms with Crippen LogP contribution in [-0.2, 0) is 9.84 Å². The van der Waals surface area contributed by atoms with E-state index in [2.05, 4.69) is 10.3 Å². The molecule has 0 saturated heterocycles. The Balaban J connectivity index is 2.66. The van der Waals surface area contributed by atoms with Crippen LogP contribution in [0.2, 0.25) is 0 Å². The third-order valence-electron chi connectivity index (χ3n) is 1.91. The highest BCUT2D eigenvalue weighted by Gasteiger charge is 2.11. The molecule has 1 N–H and O–H groups in total. The van der Waals surface area contributed by atoms with Crippen LogP contribution in [0, 0.1) is 10.1 Å². The van der Waals surface area contributed by atoms with Crippen molar-refractivity contribution in [2.24, 2.45) is 0 Å². The second-order valence-electron chi connectivity index (χ2n) is 3.80. The van der Waals surface area contributed by atoms with Gasteiger partial charge in [-0.3, -0.25) is 10.1 Å². The molecule has 1 rings (SSSR count). The van der Waals surface area contributed by atoms with Crippen LogP contribution < -0.4 is 5.32 Å². The molecule has 0 aliphatic carbocycles. The van der Waals surface area contributed by atoms with Gasteiger partial charge in [0.25, 0.3) is 5.69 Å². The van der Waals surface area contributed by atoms with E-state index in [0.717, 1.165) is 12.5 Å². The molecule has 0 fully saturated rings. The first-order chi connectivity index (χ1) is 7.78. The summed E-state index contributed by atoms with van der Waals surface area (Å²) in [5.74, 6) is 0.387. The van der Waals surface area contributed by atoms with Crippen LogP contribution in [-0.4, -0.2) is 36.4 Å². The van der Waals surface area contributed by atoms with E-state index in [-0.39, 0.29) is 17.5 Å². The first-order valence-electron chi connectivity index (χ1n) is 4.82. The van der Waals surface area contributed by atoms with Crippen LogP contribution in [0.25, 0.3) is 0 Å². The molecule has 0 radical (unpaired) electrons. The molecule has 0 aromatic carbocycles. The summed E-state index contributed by atoms with van der Waals surface area (Å²) in [7, 11) is -3.06. The summed E-state index contributed by atoms with van der Waals surface area (Å²) in [4.78, 5) is 13.7. The minimum atomic E-state index is -3.06. The number of sulfone groups is 1. The first-order valence-corrected chi connectivity index (χ1v) is 6.88. The third kappa shape index (κ3) is 4.77. The quantitative estimate of drug-likeness (QED) is 0.620. The van der Waals surface area contributed by atoms with E-state index < -0.39 is 14.8 Å². The minimum Gasteiger partial charge on any atom is -0.367 e. The van der Waals surface area contributed by atoms with Gasteiger partial charge in [-0.05, 0) is 13.0 Å². The fourth-order valence-corrected chi connectivity index (χ4v) is 2.32. The van der Waals surface area contributed by atoms with Crippen LogP contribution in [0.1, 0.15) is 6.92 Å². The number of nitrogens with zero attached hydrogens (tertiary/aromatic N) is 2. The monoisotopic (exact) mass is 259 g/mol. The zero-order valence-corrected chi connectivity index (χ0v) is 10.3. The molecule has 94 valence electrons. The standard InChI is InChI=1S/C9H13N3O4S/c1-7(6-17(2,15)16)11-9-4-3-8(5-10-9)12(13)14/h3-5,7H,6H2,1-2H3,(H,10,11). The zero-order valence-electron chi connectivity index (χ0n) is 9.45. The SMILES string of the molecule is CC(CS(C)(=O)=O)Nc1ccc([N+](=O)[O-])cn1. The fourth-order valence-electron chi connectivity index (χ4n) is 1.33. The van der Waals surface area contributed by atoms with E-state index >= 15 is 0 Å². The highest BCUT2D eigenvalue weighted by Crippen LogP contribution is 2.12. The van der Waals surface area contributed by atoms with E-state index in [4.69, 9.17) is 0 Å². The van der Waals surface area contributed by atoms with Crippen LogP contribution in [0.4, 0.5) is 11.5 Å². The Morgan fingerprint density at radius 1 is 1.53 bits per heavy atom. The number of rotatable bonds is 5. The number of aromatic nitrogens is 1. The minimum absolute atomic E-state index is 0.0222. The molecule has 0 aliphatic rings. The molecule has 1 unspecified atom stereocenters. The maximum atomic E-state index is 11.0. The summed E-state index contributed by atoms with van der Waals surface area (Å²) >= 11 is 0. The lowest BCUT2D eigenvalue weighted by Crippen LogP contribution is -2.25. The van der Waals surface area contributed by atoms with Gasteiger partial charge in [-0.2, -0.15) is 0 Å². The number of pyridine rings is 1. The predicted molar refractivity (Wildman–Crippen MR) is 63.7 cm³/mol. The Labute approximate surface area is 98.9 Å². The maximum absolute atomic E-state index is 11.0. The average molecular weight is 259 g/mol. The molecule has 0 aliphatic heterocycles. The molecule has 1 aromatic rings. The smallest absolute Gasteiger partial charge is 0.287 e. The molecule has 1 atom stereocenters. The van der Waals surface area contributed by atoms with Gasteiger partial charge >= 0.3 is 0 Å². The van der Waals surface area contributed by atoms with Gasteiger partial charge in [-0.25, -0.2) is 13.4 Å². The molecule has 8 heteroatoms. The third-order valence-corrected chi connectivity index (χ3v) is 3.01. The summed E-state index contributed by atoms with van der Waals surface area (Å²) < 4.78 is 22.1. The topological polar surface area (TPSA) is 102 Å². The average Bonchev–Trinajstić information content (AvgIpc) is 2.15. The van der Waals surface area contributed by atoms with Crippen molar-refractivity contribution in [1.82, 2.24) is 4.98 Å². The number of hydrogen-bond acceptors (Lipinski definition) is 6. The van der Waals surface area contributed by atoms with Crippen molar-refractivity contribution in [3.63, 3.8) is 0 Å². The Bertz CT molecular complexity index is 497. The fraction of sp³-hybridized carbons (Fsp3) is 0.444. The van der Waals surface area contributed by atoms with Gasteiger partial charge < -0.3 is 5.32 Å². The van der Waals surface area contributed by atoms with Gasteiger partial charge in [0.05, 0.1) is 10.7 Å². The van der Waals surface area contributed by atoms with E-state index in [1.807, 2.05) is 0 Å². The molecule has 1 aromatic heterocycles. The van der Waals surface area contributed by atoms with Crippen LogP contribution >= 0.6 is 0 Å². The van der Waals surface area contributed by atoms with Gasteiger partial charge in [-0.1, -0.05) is 0 Å². The van der Waals surface area contributed by atoms with Gasteiger partial charge in [0, 0.05) is 18.4 Å². The number of nitrogens with one attached hydrogen (secondary N) is 1. The number of hydrogen-bond donors (Lipinski definition) is 1. The van der Waals surface area contributed by atoms with Crippen LogP contribution in [0.5, 0.6) is 0 Å². The van der Waals surface area contributed by atoms with Gasteiger partial charge in [-0.15, -0.1) is 0 Å². The maximum Gasteiger partial charge on any atom is 0.287 e. The molecule has 0 bridgehead atoms. The van der Waals surface area contributed by atoms with Crippen molar-refractivity contribution in [1.29, 1.82) is 0 Å². The summed E-state index contributed by atoms with van der Waals surface area (Å²) in [6.45, 7) is 1.70. The van der Waals surface area contributed by atoms with E-state index in [1.54, 1.807) is 6.92 Å². The second kappa shape index (κ2) is 5.09. The predicted octanol–water partition coefficient (Wildman–Crippen LogP) is 0.835. The van der Waals surface area contributed by atoms with E-state index in [1.165, 1.54) is 12.1 Å². The van der Waals surface area contributed by atoms with Crippen molar-refractivity contribution < 1.29 is 13.3 Å². The molecule has 17 heavy (non-hydrogen) atoms. The summed E-state index contributed by atoms with van der Waals surface area (Å²) in [6, 6.07) is 2.44. The first kappa shape index (κ1) is 13.4. The molecule has 0 spiro atoms. The summed E-state index contributed by atoms with van der Waals surface area (Å²) in [6.07, 6.45) is 2.27. The second-order valence-corrected chi connectivity index (χ2v) is 5.98.